The third kappa shape index (κ3) is 3.54. The summed E-state index contributed by atoms with van der Waals surface area (Å²) < 4.78 is 0. The number of benzene rings is 2. The van der Waals surface area contributed by atoms with E-state index < -0.39 is 4.92 Å². The summed E-state index contributed by atoms with van der Waals surface area (Å²) in [6, 6.07) is 11.9. The van der Waals surface area contributed by atoms with Gasteiger partial charge in [-0.05, 0) is 25.5 Å². The second-order valence-corrected chi connectivity index (χ2v) is 4.82. The second kappa shape index (κ2) is 6.62. The zero-order chi connectivity index (χ0) is 16.1. The van der Waals surface area contributed by atoms with E-state index in [4.69, 9.17) is 0 Å². The van der Waals surface area contributed by atoms with Gasteiger partial charge in [-0.3, -0.25) is 14.9 Å². The molecule has 112 valence electrons. The third-order valence-electron chi connectivity index (χ3n) is 3.20. The second-order valence-electron chi connectivity index (χ2n) is 4.82. The van der Waals surface area contributed by atoms with Crippen molar-refractivity contribution in [1.29, 1.82) is 0 Å². The molecule has 0 heterocycles. The molecular formula is C16H15N3O3. The lowest BCUT2D eigenvalue weighted by Gasteiger charge is -2.03. The Hall–Kier alpha value is -3.02. The van der Waals surface area contributed by atoms with E-state index in [1.165, 1.54) is 12.3 Å². The molecule has 0 aromatic heterocycles. The van der Waals surface area contributed by atoms with Crippen LogP contribution in [0, 0.1) is 24.0 Å². The van der Waals surface area contributed by atoms with Crippen LogP contribution in [-0.4, -0.2) is 17.0 Å². The number of amides is 1. The number of carbonyl (C=O) groups is 1. The van der Waals surface area contributed by atoms with Crippen LogP contribution in [0.1, 0.15) is 27.0 Å². The van der Waals surface area contributed by atoms with E-state index in [9.17, 15) is 14.9 Å². The Labute approximate surface area is 127 Å². The van der Waals surface area contributed by atoms with E-state index in [1.54, 1.807) is 31.2 Å². The smallest absolute Gasteiger partial charge is 0.267 e. The van der Waals surface area contributed by atoms with Crippen molar-refractivity contribution in [2.75, 3.05) is 0 Å². The van der Waals surface area contributed by atoms with E-state index in [2.05, 4.69) is 10.5 Å². The quantitative estimate of drug-likeness (QED) is 0.535. The summed E-state index contributed by atoms with van der Waals surface area (Å²) >= 11 is 0. The average molecular weight is 297 g/mol. The van der Waals surface area contributed by atoms with Crippen LogP contribution < -0.4 is 5.43 Å². The van der Waals surface area contributed by atoms with Crippen molar-refractivity contribution >= 4 is 17.8 Å². The zero-order valence-corrected chi connectivity index (χ0v) is 12.2. The van der Waals surface area contributed by atoms with Gasteiger partial charge in [-0.15, -0.1) is 0 Å². The average Bonchev–Trinajstić information content (AvgIpc) is 2.49. The summed E-state index contributed by atoms with van der Waals surface area (Å²) in [6.45, 7) is 3.50. The van der Waals surface area contributed by atoms with Gasteiger partial charge in [0.2, 0.25) is 0 Å². The van der Waals surface area contributed by atoms with Crippen LogP contribution in [0.25, 0.3) is 0 Å². The van der Waals surface area contributed by atoms with Crippen molar-refractivity contribution in [2.24, 2.45) is 5.10 Å². The number of hydrogen-bond acceptors (Lipinski definition) is 4. The molecule has 0 saturated heterocycles. The lowest BCUT2D eigenvalue weighted by atomic mass is 10.1. The van der Waals surface area contributed by atoms with Gasteiger partial charge < -0.3 is 0 Å². The van der Waals surface area contributed by atoms with Crippen LogP contribution in [0.15, 0.2) is 47.6 Å². The molecule has 6 heteroatoms. The van der Waals surface area contributed by atoms with Crippen molar-refractivity contribution in [2.45, 2.75) is 13.8 Å². The zero-order valence-electron chi connectivity index (χ0n) is 12.2. The first-order valence-electron chi connectivity index (χ1n) is 6.63. The standard InChI is InChI=1S/C16H15N3O3/c1-11-5-3-4-6-14(11)16(20)18-17-10-13-8-7-12(2)15(9-13)19(21)22/h3-10H,1-2H3,(H,18,20)/b17-10+. The molecule has 0 aliphatic carbocycles. The highest BCUT2D eigenvalue weighted by molar-refractivity contribution is 5.96. The lowest BCUT2D eigenvalue weighted by molar-refractivity contribution is -0.385. The van der Waals surface area contributed by atoms with E-state index >= 15 is 0 Å². The van der Waals surface area contributed by atoms with Gasteiger partial charge in [-0.1, -0.05) is 30.3 Å². The highest BCUT2D eigenvalue weighted by Crippen LogP contribution is 2.18. The molecule has 0 aliphatic rings. The number of nitro benzene ring substituents is 1. The van der Waals surface area contributed by atoms with Crippen molar-refractivity contribution in [3.8, 4) is 0 Å². The fraction of sp³-hybridized carbons (Fsp3) is 0.125. The van der Waals surface area contributed by atoms with E-state index in [-0.39, 0.29) is 11.6 Å². The van der Waals surface area contributed by atoms with Gasteiger partial charge >= 0.3 is 0 Å². The molecule has 0 radical (unpaired) electrons. The third-order valence-corrected chi connectivity index (χ3v) is 3.20. The number of rotatable bonds is 4. The summed E-state index contributed by atoms with van der Waals surface area (Å²) in [6.07, 6.45) is 1.38. The maximum Gasteiger partial charge on any atom is 0.272 e. The highest BCUT2D eigenvalue weighted by Gasteiger charge is 2.10. The predicted molar refractivity (Wildman–Crippen MR) is 84.1 cm³/mol. The number of carbonyl (C=O) groups excluding carboxylic acids is 1. The highest BCUT2D eigenvalue weighted by atomic mass is 16.6. The Bertz CT molecular complexity index is 754. The van der Waals surface area contributed by atoms with Crippen LogP contribution in [0.3, 0.4) is 0 Å². The minimum absolute atomic E-state index is 0.0224. The van der Waals surface area contributed by atoms with Gasteiger partial charge in [0.05, 0.1) is 11.1 Å². The van der Waals surface area contributed by atoms with Crippen LogP contribution in [0.5, 0.6) is 0 Å². The van der Waals surface area contributed by atoms with Crippen molar-refractivity contribution in [3.05, 3.63) is 74.8 Å². The van der Waals surface area contributed by atoms with Gasteiger partial charge in [0, 0.05) is 22.8 Å². The Balaban J connectivity index is 2.10. The number of nitrogens with zero attached hydrogens (tertiary/aromatic N) is 2. The molecule has 2 aromatic rings. The molecule has 2 aromatic carbocycles. The molecule has 0 unspecified atom stereocenters. The summed E-state index contributed by atoms with van der Waals surface area (Å²) in [4.78, 5) is 22.4. The number of nitro groups is 1. The fourth-order valence-electron chi connectivity index (χ4n) is 1.96. The number of hydrazone groups is 1. The monoisotopic (exact) mass is 297 g/mol. The summed E-state index contributed by atoms with van der Waals surface area (Å²) in [5.74, 6) is -0.323. The first-order valence-corrected chi connectivity index (χ1v) is 6.63. The number of aryl methyl sites for hydroxylation is 2. The molecule has 1 N–H and O–H groups in total. The van der Waals surface area contributed by atoms with E-state index in [0.717, 1.165) is 5.56 Å². The molecule has 1 amide bonds. The van der Waals surface area contributed by atoms with Gasteiger partial charge in [-0.2, -0.15) is 5.10 Å². The molecule has 2 rings (SSSR count). The first-order chi connectivity index (χ1) is 10.5. The predicted octanol–water partition coefficient (Wildman–Crippen LogP) is 2.98. The van der Waals surface area contributed by atoms with Crippen LogP contribution in [0.4, 0.5) is 5.69 Å². The van der Waals surface area contributed by atoms with Crippen molar-refractivity contribution < 1.29 is 9.72 Å². The van der Waals surface area contributed by atoms with Gasteiger partial charge in [0.1, 0.15) is 0 Å². The Morgan fingerprint density at radius 1 is 1.18 bits per heavy atom. The topological polar surface area (TPSA) is 84.6 Å². The Morgan fingerprint density at radius 2 is 1.91 bits per heavy atom. The maximum absolute atomic E-state index is 12.0. The Kier molecular flexibility index (Phi) is 4.63. The van der Waals surface area contributed by atoms with Crippen LogP contribution >= 0.6 is 0 Å². The molecule has 0 saturated carbocycles. The molecule has 0 atom stereocenters. The number of hydrogen-bond donors (Lipinski definition) is 1. The van der Waals surface area contributed by atoms with Crippen molar-refractivity contribution in [1.82, 2.24) is 5.43 Å². The van der Waals surface area contributed by atoms with Crippen molar-refractivity contribution in [3.63, 3.8) is 0 Å². The SMILES string of the molecule is Cc1ccccc1C(=O)N/N=C/c1ccc(C)c([N+](=O)[O-])c1. The van der Waals surface area contributed by atoms with Gasteiger partial charge in [0.25, 0.3) is 11.6 Å². The number of nitrogens with one attached hydrogen (secondary N) is 1. The maximum atomic E-state index is 12.0. The largest absolute Gasteiger partial charge is 0.272 e. The lowest BCUT2D eigenvalue weighted by Crippen LogP contribution is -2.18. The summed E-state index contributed by atoms with van der Waals surface area (Å²) in [7, 11) is 0. The minimum Gasteiger partial charge on any atom is -0.267 e. The molecule has 6 nitrogen and oxygen atoms in total. The van der Waals surface area contributed by atoms with E-state index in [1.807, 2.05) is 19.1 Å². The summed E-state index contributed by atoms with van der Waals surface area (Å²) in [5, 5.41) is 14.7. The molecule has 0 bridgehead atoms. The minimum atomic E-state index is -0.446. The van der Waals surface area contributed by atoms with Crippen LogP contribution in [0.2, 0.25) is 0 Å². The van der Waals surface area contributed by atoms with Gasteiger partial charge in [0.15, 0.2) is 0 Å². The molecule has 0 aliphatic heterocycles. The molecule has 22 heavy (non-hydrogen) atoms. The first kappa shape index (κ1) is 15.4. The molecule has 0 spiro atoms. The fourth-order valence-corrected chi connectivity index (χ4v) is 1.96. The normalized spacial score (nSPS) is 10.6. The Morgan fingerprint density at radius 3 is 2.59 bits per heavy atom. The van der Waals surface area contributed by atoms with Gasteiger partial charge in [-0.25, -0.2) is 5.43 Å². The summed E-state index contributed by atoms with van der Waals surface area (Å²) in [5.41, 5.74) is 4.94. The molecular weight excluding hydrogens is 282 g/mol. The van der Waals surface area contributed by atoms with E-state index in [0.29, 0.717) is 16.7 Å². The molecule has 0 fully saturated rings. The van der Waals surface area contributed by atoms with Crippen LogP contribution in [-0.2, 0) is 0 Å².